The summed E-state index contributed by atoms with van der Waals surface area (Å²) in [5, 5.41) is 10.7. The van der Waals surface area contributed by atoms with Crippen molar-refractivity contribution in [3.8, 4) is 0 Å². The number of imide groups is 1. The Morgan fingerprint density at radius 3 is 2.28 bits per heavy atom. The lowest BCUT2D eigenvalue weighted by Crippen LogP contribution is -2.31. The molecule has 29 heavy (non-hydrogen) atoms. The van der Waals surface area contributed by atoms with Crippen molar-refractivity contribution >= 4 is 40.6 Å². The maximum Gasteiger partial charge on any atom is 0.338 e. The fourth-order valence-electron chi connectivity index (χ4n) is 2.80. The molecular formula is C21H18ClNO6. The van der Waals surface area contributed by atoms with Crippen LogP contribution in [0.1, 0.15) is 22.8 Å². The minimum atomic E-state index is -0.841. The van der Waals surface area contributed by atoms with Gasteiger partial charge in [-0.1, -0.05) is 23.7 Å². The first-order chi connectivity index (χ1) is 13.9. The van der Waals surface area contributed by atoms with E-state index in [0.717, 1.165) is 4.90 Å². The number of nitrogens with zero attached hydrogens (tertiary/aromatic N) is 1. The Balaban J connectivity index is 1.76. The fourth-order valence-corrected chi connectivity index (χ4v) is 2.92. The number of hydrogen-bond acceptors (Lipinski definition) is 6. The van der Waals surface area contributed by atoms with E-state index >= 15 is 0 Å². The van der Waals surface area contributed by atoms with Gasteiger partial charge in [0.1, 0.15) is 6.61 Å². The number of aliphatic hydroxyl groups excluding tert-OH is 1. The number of carbonyl (C=O) groups excluding carboxylic acids is 3. The first kappa shape index (κ1) is 20.6. The molecule has 2 aromatic rings. The van der Waals surface area contributed by atoms with E-state index in [2.05, 4.69) is 0 Å². The summed E-state index contributed by atoms with van der Waals surface area (Å²) in [6, 6.07) is 12.0. The molecule has 0 aliphatic carbocycles. The highest BCUT2D eigenvalue weighted by Gasteiger charge is 2.40. The predicted molar refractivity (Wildman–Crippen MR) is 107 cm³/mol. The highest BCUT2D eigenvalue weighted by atomic mass is 35.5. The summed E-state index contributed by atoms with van der Waals surface area (Å²) < 4.78 is 10.2. The molecule has 3 rings (SSSR count). The van der Waals surface area contributed by atoms with E-state index in [1.807, 2.05) is 6.92 Å². The van der Waals surface area contributed by atoms with Crippen molar-refractivity contribution in [3.05, 3.63) is 70.4 Å². The van der Waals surface area contributed by atoms with Crippen molar-refractivity contribution in [1.29, 1.82) is 0 Å². The van der Waals surface area contributed by atoms with Gasteiger partial charge in [0.2, 0.25) is 0 Å². The number of rotatable bonds is 7. The van der Waals surface area contributed by atoms with E-state index in [4.69, 9.17) is 21.1 Å². The topological polar surface area (TPSA) is 93.1 Å². The van der Waals surface area contributed by atoms with E-state index in [1.54, 1.807) is 24.3 Å². The fraction of sp³-hybridized carbons (Fsp3) is 0.190. The first-order valence-corrected chi connectivity index (χ1v) is 9.24. The number of esters is 1. The van der Waals surface area contributed by atoms with Gasteiger partial charge in [0.05, 0.1) is 23.4 Å². The average molecular weight is 416 g/mol. The number of carbonyl (C=O) groups is 3. The van der Waals surface area contributed by atoms with E-state index in [-0.39, 0.29) is 23.4 Å². The molecule has 0 fully saturated rings. The van der Waals surface area contributed by atoms with Gasteiger partial charge in [0.15, 0.2) is 5.76 Å². The lowest BCUT2D eigenvalue weighted by atomic mass is 10.1. The number of anilines is 1. The zero-order valence-corrected chi connectivity index (χ0v) is 16.3. The van der Waals surface area contributed by atoms with Crippen LogP contribution < -0.4 is 4.90 Å². The minimum Gasteiger partial charge on any atom is -0.502 e. The predicted octanol–water partition coefficient (Wildman–Crippen LogP) is 3.38. The molecule has 2 amide bonds. The molecule has 0 unspecified atom stereocenters. The van der Waals surface area contributed by atoms with Crippen molar-refractivity contribution in [2.75, 3.05) is 24.7 Å². The van der Waals surface area contributed by atoms with Gasteiger partial charge in [-0.3, -0.25) is 9.59 Å². The molecule has 2 aromatic carbocycles. The number of amides is 2. The quantitative estimate of drug-likeness (QED) is 0.423. The zero-order valence-electron chi connectivity index (χ0n) is 15.6. The Morgan fingerprint density at radius 2 is 1.66 bits per heavy atom. The van der Waals surface area contributed by atoms with Crippen molar-refractivity contribution < 1.29 is 29.0 Å². The summed E-state index contributed by atoms with van der Waals surface area (Å²) in [6.45, 7) is 2.80. The second-order valence-corrected chi connectivity index (χ2v) is 6.49. The molecule has 0 spiro atoms. The molecule has 0 atom stereocenters. The van der Waals surface area contributed by atoms with Crippen LogP contribution in [-0.2, 0) is 19.1 Å². The summed E-state index contributed by atoms with van der Waals surface area (Å²) in [6.07, 6.45) is 0. The van der Waals surface area contributed by atoms with E-state index in [1.165, 1.54) is 24.3 Å². The molecule has 0 bridgehead atoms. The molecule has 7 nitrogen and oxygen atoms in total. The van der Waals surface area contributed by atoms with Crippen LogP contribution >= 0.6 is 11.6 Å². The van der Waals surface area contributed by atoms with Crippen molar-refractivity contribution in [2.24, 2.45) is 0 Å². The highest BCUT2D eigenvalue weighted by Crippen LogP contribution is 2.32. The molecule has 0 radical (unpaired) electrons. The van der Waals surface area contributed by atoms with Gasteiger partial charge in [0, 0.05) is 11.6 Å². The van der Waals surface area contributed by atoms with E-state index in [9.17, 15) is 19.5 Å². The molecule has 1 heterocycles. The van der Waals surface area contributed by atoms with Gasteiger partial charge in [-0.15, -0.1) is 0 Å². The van der Waals surface area contributed by atoms with E-state index < -0.39 is 23.5 Å². The zero-order chi connectivity index (χ0) is 21.0. The number of benzene rings is 2. The number of ether oxygens (including phenoxy) is 2. The molecule has 0 aromatic heterocycles. The summed E-state index contributed by atoms with van der Waals surface area (Å²) in [5.74, 6) is -2.69. The number of halogens is 1. The van der Waals surface area contributed by atoms with Gasteiger partial charge < -0.3 is 14.6 Å². The standard InChI is InChI=1S/C21H18ClNO6/c1-2-28-11-12-29-21(27)14-5-9-16(10-6-14)23-19(25)17(18(24)20(23)26)13-3-7-15(22)8-4-13/h3-10,24H,2,11-12H2,1H3. The third kappa shape index (κ3) is 4.31. The van der Waals surface area contributed by atoms with Crippen LogP contribution in [0.3, 0.4) is 0 Å². The third-order valence-corrected chi connectivity index (χ3v) is 4.47. The summed E-state index contributed by atoms with van der Waals surface area (Å²) in [7, 11) is 0. The summed E-state index contributed by atoms with van der Waals surface area (Å²) >= 11 is 5.85. The third-order valence-electron chi connectivity index (χ3n) is 4.22. The number of hydrogen-bond donors (Lipinski definition) is 1. The van der Waals surface area contributed by atoms with Gasteiger partial charge in [0.25, 0.3) is 5.91 Å². The molecule has 8 heteroatoms. The maximum absolute atomic E-state index is 12.8. The smallest absolute Gasteiger partial charge is 0.338 e. The highest BCUT2D eigenvalue weighted by molar-refractivity contribution is 6.45. The average Bonchev–Trinajstić information content (AvgIpc) is 2.95. The maximum atomic E-state index is 12.8. The second kappa shape index (κ2) is 8.89. The van der Waals surface area contributed by atoms with Gasteiger partial charge in [-0.05, 0) is 48.9 Å². The largest absolute Gasteiger partial charge is 0.502 e. The van der Waals surface area contributed by atoms with Crippen molar-refractivity contribution in [2.45, 2.75) is 6.92 Å². The Morgan fingerprint density at radius 1 is 1.00 bits per heavy atom. The molecular weight excluding hydrogens is 398 g/mol. The molecule has 1 aliphatic heterocycles. The Bertz CT molecular complexity index is 966. The molecule has 0 saturated carbocycles. The number of aliphatic hydroxyl groups is 1. The molecule has 0 saturated heterocycles. The molecule has 150 valence electrons. The Hall–Kier alpha value is -3.16. The van der Waals surface area contributed by atoms with Gasteiger partial charge >= 0.3 is 11.9 Å². The van der Waals surface area contributed by atoms with Crippen LogP contribution in [0.25, 0.3) is 5.57 Å². The summed E-state index contributed by atoms with van der Waals surface area (Å²) in [5.41, 5.74) is 0.758. The van der Waals surface area contributed by atoms with Crippen LogP contribution in [0.15, 0.2) is 54.3 Å². The van der Waals surface area contributed by atoms with Crippen LogP contribution in [0.4, 0.5) is 5.69 Å². The van der Waals surface area contributed by atoms with Crippen LogP contribution in [0, 0.1) is 0 Å². The summed E-state index contributed by atoms with van der Waals surface area (Å²) in [4.78, 5) is 38.1. The van der Waals surface area contributed by atoms with Gasteiger partial charge in [-0.2, -0.15) is 0 Å². The van der Waals surface area contributed by atoms with Crippen LogP contribution in [-0.4, -0.2) is 42.7 Å². The minimum absolute atomic E-state index is 0.105. The molecule has 1 aliphatic rings. The van der Waals surface area contributed by atoms with E-state index in [0.29, 0.717) is 23.8 Å². The van der Waals surface area contributed by atoms with Crippen LogP contribution in [0.2, 0.25) is 5.02 Å². The Labute approximate surface area is 172 Å². The van der Waals surface area contributed by atoms with Gasteiger partial charge in [-0.25, -0.2) is 9.69 Å². The second-order valence-electron chi connectivity index (χ2n) is 6.06. The lowest BCUT2D eigenvalue weighted by molar-refractivity contribution is -0.121. The van der Waals surface area contributed by atoms with Crippen molar-refractivity contribution in [3.63, 3.8) is 0 Å². The SMILES string of the molecule is CCOCCOC(=O)c1ccc(N2C(=O)C(O)=C(c3ccc(Cl)cc3)C2=O)cc1. The first-order valence-electron chi connectivity index (χ1n) is 8.87. The Kier molecular flexibility index (Phi) is 6.31. The monoisotopic (exact) mass is 415 g/mol. The molecule has 1 N–H and O–H groups in total. The van der Waals surface area contributed by atoms with Crippen LogP contribution in [0.5, 0.6) is 0 Å². The lowest BCUT2D eigenvalue weighted by Gasteiger charge is -2.15. The normalized spacial score (nSPS) is 13.9. The van der Waals surface area contributed by atoms with Crippen molar-refractivity contribution in [1.82, 2.24) is 0 Å².